The molecule has 3 heterocycles. The Morgan fingerprint density at radius 2 is 2.26 bits per heavy atom. The molecule has 3 rings (SSSR count). The molecular weight excluding hydrogens is 306 g/mol. The van der Waals surface area contributed by atoms with E-state index in [0.717, 1.165) is 25.2 Å². The number of halogens is 1. The van der Waals surface area contributed by atoms with Crippen molar-refractivity contribution in [3.63, 3.8) is 0 Å². The van der Waals surface area contributed by atoms with Gasteiger partial charge in [-0.15, -0.1) is 0 Å². The van der Waals surface area contributed by atoms with Gasteiger partial charge in [-0.05, 0) is 48.5 Å². The van der Waals surface area contributed by atoms with Gasteiger partial charge < -0.3 is 10.1 Å². The molecule has 2 bridgehead atoms. The summed E-state index contributed by atoms with van der Waals surface area (Å²) in [5.74, 6) is 0. The van der Waals surface area contributed by atoms with E-state index in [9.17, 15) is 0 Å². The summed E-state index contributed by atoms with van der Waals surface area (Å²) < 4.78 is 9.17. The third-order valence-electron chi connectivity index (χ3n) is 4.33. The molecule has 1 aromatic heterocycles. The number of fused-ring (bicyclic) bond motifs is 2. The number of ether oxygens (including phenoxy) is 1. The van der Waals surface area contributed by atoms with Crippen LogP contribution < -0.4 is 5.32 Å². The first-order valence-corrected chi connectivity index (χ1v) is 8.15. The third-order valence-corrected chi connectivity index (χ3v) is 5.25. The highest BCUT2D eigenvalue weighted by atomic mass is 79.9. The molecule has 106 valence electrons. The van der Waals surface area contributed by atoms with Crippen LogP contribution in [-0.2, 0) is 24.2 Å². The maximum Gasteiger partial charge on any atom is 0.0767 e. The Balaban J connectivity index is 1.68. The molecule has 0 aliphatic carbocycles. The van der Waals surface area contributed by atoms with Crippen LogP contribution in [-0.4, -0.2) is 28.0 Å². The van der Waals surface area contributed by atoms with Crippen LogP contribution in [0.2, 0.25) is 0 Å². The van der Waals surface area contributed by atoms with E-state index < -0.39 is 0 Å². The first kappa shape index (κ1) is 13.6. The Kier molecular flexibility index (Phi) is 3.96. The smallest absolute Gasteiger partial charge is 0.0767 e. The van der Waals surface area contributed by atoms with Crippen molar-refractivity contribution in [2.24, 2.45) is 0 Å². The van der Waals surface area contributed by atoms with Crippen molar-refractivity contribution in [2.75, 3.05) is 0 Å². The van der Waals surface area contributed by atoms with E-state index in [-0.39, 0.29) is 0 Å². The third kappa shape index (κ3) is 2.48. The summed E-state index contributed by atoms with van der Waals surface area (Å²) >= 11 is 3.70. The Bertz CT molecular complexity index is 460. The van der Waals surface area contributed by atoms with Gasteiger partial charge in [0.1, 0.15) is 0 Å². The summed E-state index contributed by atoms with van der Waals surface area (Å²) in [6.07, 6.45) is 5.55. The van der Waals surface area contributed by atoms with Gasteiger partial charge >= 0.3 is 0 Å². The van der Waals surface area contributed by atoms with Crippen molar-refractivity contribution in [3.8, 4) is 0 Å². The molecule has 5 heteroatoms. The minimum atomic E-state index is 0.437. The van der Waals surface area contributed by atoms with E-state index in [1.807, 2.05) is 0 Å². The Morgan fingerprint density at radius 1 is 1.42 bits per heavy atom. The normalized spacial score (nSPS) is 29.3. The van der Waals surface area contributed by atoms with E-state index in [1.165, 1.54) is 29.4 Å². The molecule has 2 saturated heterocycles. The van der Waals surface area contributed by atoms with Crippen LogP contribution in [0, 0.1) is 0 Å². The molecule has 1 aromatic rings. The summed E-state index contributed by atoms with van der Waals surface area (Å²) in [4.78, 5) is 0. The molecule has 3 atom stereocenters. The van der Waals surface area contributed by atoms with Crippen LogP contribution >= 0.6 is 15.9 Å². The monoisotopic (exact) mass is 327 g/mol. The minimum absolute atomic E-state index is 0.437. The van der Waals surface area contributed by atoms with E-state index >= 15 is 0 Å². The van der Waals surface area contributed by atoms with Crippen molar-refractivity contribution in [2.45, 2.75) is 70.9 Å². The standard InChI is InChI=1S/C14H22BrN3O/c1-3-10-14(15)12(18(4-2)17-10)8-16-11-7-9-5-6-13(11)19-9/h9,11,13,16H,3-8H2,1-2H3. The van der Waals surface area contributed by atoms with Gasteiger partial charge in [0.2, 0.25) is 0 Å². The fourth-order valence-electron chi connectivity index (χ4n) is 3.27. The first-order valence-electron chi connectivity index (χ1n) is 7.35. The van der Waals surface area contributed by atoms with Gasteiger partial charge in [-0.2, -0.15) is 5.10 Å². The van der Waals surface area contributed by atoms with Crippen LogP contribution in [0.1, 0.15) is 44.5 Å². The zero-order chi connectivity index (χ0) is 13.4. The first-order chi connectivity index (χ1) is 9.22. The molecule has 0 aromatic carbocycles. The van der Waals surface area contributed by atoms with E-state index in [0.29, 0.717) is 18.2 Å². The molecule has 0 spiro atoms. The van der Waals surface area contributed by atoms with Crippen LogP contribution in [0.3, 0.4) is 0 Å². The number of aryl methyl sites for hydroxylation is 2. The van der Waals surface area contributed by atoms with Crippen LogP contribution in [0.4, 0.5) is 0 Å². The molecule has 0 radical (unpaired) electrons. The fraction of sp³-hybridized carbons (Fsp3) is 0.786. The predicted octanol–water partition coefficient (Wildman–Crippen LogP) is 2.64. The number of hydrogen-bond donors (Lipinski definition) is 1. The number of nitrogens with zero attached hydrogens (tertiary/aromatic N) is 2. The van der Waals surface area contributed by atoms with Gasteiger partial charge in [-0.25, -0.2) is 0 Å². The summed E-state index contributed by atoms with van der Waals surface area (Å²) in [6.45, 7) is 6.08. The predicted molar refractivity (Wildman–Crippen MR) is 78.1 cm³/mol. The number of nitrogens with one attached hydrogen (secondary N) is 1. The van der Waals surface area contributed by atoms with E-state index in [2.05, 4.69) is 44.9 Å². The van der Waals surface area contributed by atoms with E-state index in [4.69, 9.17) is 4.74 Å². The maximum absolute atomic E-state index is 5.89. The zero-order valence-electron chi connectivity index (χ0n) is 11.7. The molecule has 2 aliphatic heterocycles. The largest absolute Gasteiger partial charge is 0.373 e. The molecule has 0 amide bonds. The van der Waals surface area contributed by atoms with Crippen molar-refractivity contribution in [1.29, 1.82) is 0 Å². The van der Waals surface area contributed by atoms with Crippen molar-refractivity contribution < 1.29 is 4.74 Å². The van der Waals surface area contributed by atoms with Crippen molar-refractivity contribution in [1.82, 2.24) is 15.1 Å². The lowest BCUT2D eigenvalue weighted by Crippen LogP contribution is -2.37. The second-order valence-corrected chi connectivity index (χ2v) is 6.27. The number of aromatic nitrogens is 2. The maximum atomic E-state index is 5.89. The molecule has 4 nitrogen and oxygen atoms in total. The zero-order valence-corrected chi connectivity index (χ0v) is 13.2. The van der Waals surface area contributed by atoms with Crippen molar-refractivity contribution in [3.05, 3.63) is 15.9 Å². The highest BCUT2D eigenvalue weighted by molar-refractivity contribution is 9.10. The molecule has 3 unspecified atom stereocenters. The second kappa shape index (κ2) is 5.54. The average molecular weight is 328 g/mol. The molecule has 2 aliphatic rings. The van der Waals surface area contributed by atoms with Crippen molar-refractivity contribution >= 4 is 15.9 Å². The number of rotatable bonds is 5. The number of hydrogen-bond acceptors (Lipinski definition) is 3. The Hall–Kier alpha value is -0.390. The Labute approximate surface area is 123 Å². The summed E-state index contributed by atoms with van der Waals surface area (Å²) in [6, 6.07) is 0.524. The van der Waals surface area contributed by atoms with Gasteiger partial charge in [0.05, 0.1) is 28.1 Å². The molecular formula is C14H22BrN3O. The topological polar surface area (TPSA) is 39.1 Å². The van der Waals surface area contributed by atoms with Gasteiger partial charge in [0.25, 0.3) is 0 Å². The fourth-order valence-corrected chi connectivity index (χ4v) is 3.97. The lowest BCUT2D eigenvalue weighted by atomic mass is 9.95. The molecule has 19 heavy (non-hydrogen) atoms. The van der Waals surface area contributed by atoms with Crippen LogP contribution in [0.15, 0.2) is 4.47 Å². The van der Waals surface area contributed by atoms with Crippen LogP contribution in [0.5, 0.6) is 0 Å². The van der Waals surface area contributed by atoms with Gasteiger partial charge in [-0.1, -0.05) is 6.92 Å². The second-order valence-electron chi connectivity index (χ2n) is 5.47. The highest BCUT2D eigenvalue weighted by Crippen LogP contribution is 2.34. The van der Waals surface area contributed by atoms with Gasteiger partial charge in [0, 0.05) is 19.1 Å². The Morgan fingerprint density at radius 3 is 2.84 bits per heavy atom. The van der Waals surface area contributed by atoms with Crippen LogP contribution in [0.25, 0.3) is 0 Å². The average Bonchev–Trinajstić information content (AvgIpc) is 3.10. The summed E-state index contributed by atoms with van der Waals surface area (Å²) in [5.41, 5.74) is 2.42. The van der Waals surface area contributed by atoms with E-state index in [1.54, 1.807) is 0 Å². The molecule has 0 saturated carbocycles. The summed E-state index contributed by atoms with van der Waals surface area (Å²) in [5, 5.41) is 8.30. The molecule has 1 N–H and O–H groups in total. The summed E-state index contributed by atoms with van der Waals surface area (Å²) in [7, 11) is 0. The lowest BCUT2D eigenvalue weighted by Gasteiger charge is -2.20. The minimum Gasteiger partial charge on any atom is -0.373 e. The quantitative estimate of drug-likeness (QED) is 0.903. The highest BCUT2D eigenvalue weighted by Gasteiger charge is 2.40. The lowest BCUT2D eigenvalue weighted by molar-refractivity contribution is 0.0972. The SMILES string of the molecule is CCc1nn(CC)c(CNC2CC3CCC2O3)c1Br. The molecule has 2 fully saturated rings. The van der Waals surface area contributed by atoms with Gasteiger partial charge in [-0.3, -0.25) is 4.68 Å². The van der Waals surface area contributed by atoms with Gasteiger partial charge in [0.15, 0.2) is 0 Å².